The Hall–Kier alpha value is -2.05. The van der Waals surface area contributed by atoms with Crippen LogP contribution >= 0.6 is 0 Å². The number of piperidine rings is 1. The number of urea groups is 1. The van der Waals surface area contributed by atoms with Crippen LogP contribution in [0.1, 0.15) is 25.3 Å². The molecule has 1 aromatic heterocycles. The Bertz CT molecular complexity index is 513. The third kappa shape index (κ3) is 4.21. The minimum absolute atomic E-state index is 0.0173. The lowest BCUT2D eigenvalue weighted by molar-refractivity contribution is -0.134. The zero-order valence-corrected chi connectivity index (χ0v) is 12.8. The minimum atomic E-state index is -0.408. The molecule has 0 bridgehead atoms. The maximum Gasteiger partial charge on any atom is 0.315 e. The number of nitrogens with zero attached hydrogens (tertiary/aromatic N) is 3. The van der Waals surface area contributed by atoms with Gasteiger partial charge in [0.05, 0.1) is 6.20 Å². The Morgan fingerprint density at radius 2 is 2.29 bits per heavy atom. The highest BCUT2D eigenvalue weighted by atomic mass is 16.2. The molecule has 2 rings (SSSR count). The van der Waals surface area contributed by atoms with Crippen LogP contribution in [0, 0.1) is 0 Å². The Morgan fingerprint density at radius 3 is 2.95 bits per heavy atom. The van der Waals surface area contributed by atoms with E-state index in [1.54, 1.807) is 22.8 Å². The molecule has 2 heterocycles. The molecule has 1 aliphatic heterocycles. The van der Waals surface area contributed by atoms with Crippen molar-refractivity contribution in [1.82, 2.24) is 25.3 Å². The van der Waals surface area contributed by atoms with Crippen LogP contribution < -0.4 is 10.6 Å². The molecule has 1 fully saturated rings. The van der Waals surface area contributed by atoms with Crippen molar-refractivity contribution in [1.29, 1.82) is 0 Å². The number of rotatable bonds is 4. The van der Waals surface area contributed by atoms with Gasteiger partial charge in [-0.2, -0.15) is 5.10 Å². The summed E-state index contributed by atoms with van der Waals surface area (Å²) in [5.74, 6) is -0.0173. The smallest absolute Gasteiger partial charge is 0.315 e. The van der Waals surface area contributed by atoms with Crippen molar-refractivity contribution < 1.29 is 9.59 Å². The van der Waals surface area contributed by atoms with Gasteiger partial charge in [-0.1, -0.05) is 0 Å². The molecule has 0 aromatic carbocycles. The van der Waals surface area contributed by atoms with Crippen LogP contribution in [0.4, 0.5) is 4.79 Å². The lowest BCUT2D eigenvalue weighted by Crippen LogP contribution is -2.54. The number of aryl methyl sites for hydroxylation is 1. The number of amides is 3. The molecule has 2 N–H and O–H groups in total. The highest BCUT2D eigenvalue weighted by Gasteiger charge is 2.27. The number of carbonyl (C=O) groups excluding carboxylic acids is 2. The van der Waals surface area contributed by atoms with E-state index >= 15 is 0 Å². The Kier molecular flexibility index (Phi) is 4.82. The van der Waals surface area contributed by atoms with Gasteiger partial charge in [-0.25, -0.2) is 4.79 Å². The summed E-state index contributed by atoms with van der Waals surface area (Å²) in [5, 5.41) is 9.72. The van der Waals surface area contributed by atoms with Crippen LogP contribution in [-0.2, 0) is 18.3 Å². The number of hydrogen-bond donors (Lipinski definition) is 2. The van der Waals surface area contributed by atoms with Crippen LogP contribution in [0.15, 0.2) is 12.4 Å². The molecule has 0 aliphatic carbocycles. The van der Waals surface area contributed by atoms with Crippen molar-refractivity contribution in [2.24, 2.45) is 7.05 Å². The number of hydrogen-bond acceptors (Lipinski definition) is 3. The van der Waals surface area contributed by atoms with Crippen molar-refractivity contribution in [2.75, 3.05) is 13.6 Å². The molecule has 2 unspecified atom stereocenters. The first kappa shape index (κ1) is 15.3. The molecule has 7 heteroatoms. The maximum atomic E-state index is 12.0. The van der Waals surface area contributed by atoms with Gasteiger partial charge in [0.2, 0.25) is 5.91 Å². The van der Waals surface area contributed by atoms with Gasteiger partial charge in [0.15, 0.2) is 0 Å². The summed E-state index contributed by atoms with van der Waals surface area (Å²) < 4.78 is 1.73. The summed E-state index contributed by atoms with van der Waals surface area (Å²) in [7, 11) is 3.62. The first-order valence-corrected chi connectivity index (χ1v) is 7.25. The number of carbonyl (C=O) groups is 2. The van der Waals surface area contributed by atoms with E-state index in [9.17, 15) is 9.59 Å². The lowest BCUT2D eigenvalue weighted by Gasteiger charge is -2.30. The Labute approximate surface area is 124 Å². The SMILES string of the molecule is CC(Cc1cnn(C)c1)NC(=O)NC1CCCN(C)C1=O. The normalized spacial score (nSPS) is 20.2. The van der Waals surface area contributed by atoms with Crippen molar-refractivity contribution >= 4 is 11.9 Å². The zero-order valence-electron chi connectivity index (χ0n) is 12.8. The van der Waals surface area contributed by atoms with Gasteiger partial charge in [-0.05, 0) is 31.7 Å². The van der Waals surface area contributed by atoms with Crippen LogP contribution in [0.25, 0.3) is 0 Å². The van der Waals surface area contributed by atoms with E-state index < -0.39 is 6.04 Å². The molecule has 1 aliphatic rings. The van der Waals surface area contributed by atoms with E-state index in [1.165, 1.54) is 0 Å². The molecule has 2 atom stereocenters. The van der Waals surface area contributed by atoms with Gasteiger partial charge in [0.25, 0.3) is 0 Å². The first-order chi connectivity index (χ1) is 9.95. The van der Waals surface area contributed by atoms with Crippen molar-refractivity contribution in [2.45, 2.75) is 38.3 Å². The second kappa shape index (κ2) is 6.60. The summed E-state index contributed by atoms with van der Waals surface area (Å²) in [6, 6.07) is -0.722. The maximum absolute atomic E-state index is 12.0. The molecule has 7 nitrogen and oxygen atoms in total. The van der Waals surface area contributed by atoms with Gasteiger partial charge < -0.3 is 15.5 Å². The van der Waals surface area contributed by atoms with Gasteiger partial charge >= 0.3 is 6.03 Å². The third-order valence-corrected chi connectivity index (χ3v) is 3.64. The first-order valence-electron chi connectivity index (χ1n) is 7.25. The molecule has 0 spiro atoms. The molecule has 21 heavy (non-hydrogen) atoms. The largest absolute Gasteiger partial charge is 0.344 e. The minimum Gasteiger partial charge on any atom is -0.344 e. The van der Waals surface area contributed by atoms with Crippen molar-refractivity contribution in [3.8, 4) is 0 Å². The second-order valence-electron chi connectivity index (χ2n) is 5.70. The highest BCUT2D eigenvalue weighted by Crippen LogP contribution is 2.09. The summed E-state index contributed by atoms with van der Waals surface area (Å²) in [6.45, 7) is 2.69. The molecule has 3 amide bonds. The van der Waals surface area contributed by atoms with E-state index in [0.717, 1.165) is 18.5 Å². The summed E-state index contributed by atoms with van der Waals surface area (Å²) in [5.41, 5.74) is 1.07. The monoisotopic (exact) mass is 293 g/mol. The summed E-state index contributed by atoms with van der Waals surface area (Å²) >= 11 is 0. The molecule has 1 aromatic rings. The van der Waals surface area contributed by atoms with E-state index in [1.807, 2.05) is 20.2 Å². The number of aromatic nitrogens is 2. The van der Waals surface area contributed by atoms with Crippen molar-refractivity contribution in [3.63, 3.8) is 0 Å². The van der Waals surface area contributed by atoms with E-state index in [-0.39, 0.29) is 18.0 Å². The second-order valence-corrected chi connectivity index (χ2v) is 5.70. The fraction of sp³-hybridized carbons (Fsp3) is 0.643. The summed E-state index contributed by atoms with van der Waals surface area (Å²) in [6.07, 6.45) is 6.04. The molecule has 0 radical (unpaired) electrons. The lowest BCUT2D eigenvalue weighted by atomic mass is 10.1. The van der Waals surface area contributed by atoms with Crippen LogP contribution in [0.5, 0.6) is 0 Å². The van der Waals surface area contributed by atoms with Crippen LogP contribution in [0.2, 0.25) is 0 Å². The van der Waals surface area contributed by atoms with Gasteiger partial charge in [0.1, 0.15) is 6.04 Å². The number of likely N-dealkylation sites (tertiary alicyclic amines) is 1. The van der Waals surface area contributed by atoms with E-state index in [0.29, 0.717) is 12.8 Å². The van der Waals surface area contributed by atoms with Gasteiger partial charge in [0, 0.05) is 32.9 Å². The molecular formula is C14H23N5O2. The number of likely N-dealkylation sites (N-methyl/N-ethyl adjacent to an activating group) is 1. The van der Waals surface area contributed by atoms with Crippen LogP contribution in [0.3, 0.4) is 0 Å². The predicted octanol–water partition coefficient (Wildman–Crippen LogP) is 0.271. The standard InChI is InChI=1S/C14H23N5O2/c1-10(7-11-8-15-19(3)9-11)16-14(21)17-12-5-4-6-18(2)13(12)20/h8-10,12H,4-7H2,1-3H3,(H2,16,17,21). The molecule has 116 valence electrons. The fourth-order valence-electron chi connectivity index (χ4n) is 2.57. The number of nitrogens with one attached hydrogen (secondary N) is 2. The third-order valence-electron chi connectivity index (χ3n) is 3.64. The Morgan fingerprint density at radius 1 is 1.52 bits per heavy atom. The highest BCUT2D eigenvalue weighted by molar-refractivity contribution is 5.87. The van der Waals surface area contributed by atoms with Gasteiger partial charge in [-0.3, -0.25) is 9.48 Å². The average molecular weight is 293 g/mol. The molecule has 0 saturated carbocycles. The summed E-state index contributed by atoms with van der Waals surface area (Å²) in [4.78, 5) is 25.5. The molecular weight excluding hydrogens is 270 g/mol. The topological polar surface area (TPSA) is 79.3 Å². The van der Waals surface area contributed by atoms with Crippen LogP contribution in [-0.4, -0.2) is 52.3 Å². The van der Waals surface area contributed by atoms with E-state index in [2.05, 4.69) is 15.7 Å². The van der Waals surface area contributed by atoms with Crippen molar-refractivity contribution in [3.05, 3.63) is 18.0 Å². The fourth-order valence-corrected chi connectivity index (χ4v) is 2.57. The zero-order chi connectivity index (χ0) is 15.4. The van der Waals surface area contributed by atoms with E-state index in [4.69, 9.17) is 0 Å². The Balaban J connectivity index is 1.79. The van der Waals surface area contributed by atoms with Gasteiger partial charge in [-0.15, -0.1) is 0 Å². The predicted molar refractivity (Wildman–Crippen MR) is 78.7 cm³/mol. The molecule has 1 saturated heterocycles. The quantitative estimate of drug-likeness (QED) is 0.836. The average Bonchev–Trinajstić information content (AvgIpc) is 2.80.